The van der Waals surface area contributed by atoms with Crippen LogP contribution < -0.4 is 5.32 Å². The Morgan fingerprint density at radius 1 is 1.15 bits per heavy atom. The second kappa shape index (κ2) is 6.23. The fraction of sp³-hybridized carbons (Fsp3) is 0.364. The van der Waals surface area contributed by atoms with E-state index in [9.17, 15) is 4.79 Å². The number of carbonyl (C=O) groups is 1. The second-order valence-corrected chi connectivity index (χ2v) is 3.01. The van der Waals surface area contributed by atoms with Gasteiger partial charge in [-0.05, 0) is 24.8 Å². The van der Waals surface area contributed by atoms with Crippen molar-refractivity contribution in [2.75, 3.05) is 6.54 Å². The van der Waals surface area contributed by atoms with Crippen LogP contribution in [0.3, 0.4) is 0 Å². The summed E-state index contributed by atoms with van der Waals surface area (Å²) in [5, 5.41) is 2.65. The van der Waals surface area contributed by atoms with Crippen molar-refractivity contribution >= 4 is 6.41 Å². The first-order valence-electron chi connectivity index (χ1n) is 4.64. The standard InChI is InChI=1S/C11H15NO/c13-10-12-9-5-4-8-11-6-2-1-3-7-11/h1-3,6-7,10H,4-5,8-9H2,(H,12,13). The van der Waals surface area contributed by atoms with Crippen LogP contribution in [0.4, 0.5) is 0 Å². The third-order valence-corrected chi connectivity index (χ3v) is 1.96. The van der Waals surface area contributed by atoms with Gasteiger partial charge in [-0.25, -0.2) is 0 Å². The monoisotopic (exact) mass is 177 g/mol. The molecule has 0 aliphatic carbocycles. The molecule has 0 radical (unpaired) electrons. The molecule has 13 heavy (non-hydrogen) atoms. The topological polar surface area (TPSA) is 29.1 Å². The summed E-state index contributed by atoms with van der Waals surface area (Å²) in [5.74, 6) is 0. The van der Waals surface area contributed by atoms with Crippen molar-refractivity contribution in [2.24, 2.45) is 0 Å². The zero-order chi connectivity index (χ0) is 9.36. The third kappa shape index (κ3) is 4.31. The predicted molar refractivity (Wildman–Crippen MR) is 53.4 cm³/mol. The Kier molecular flexibility index (Phi) is 4.69. The van der Waals surface area contributed by atoms with Gasteiger partial charge in [0.2, 0.25) is 6.41 Å². The molecule has 1 aromatic carbocycles. The summed E-state index contributed by atoms with van der Waals surface area (Å²) in [6.07, 6.45) is 4.03. The molecule has 70 valence electrons. The van der Waals surface area contributed by atoms with Gasteiger partial charge in [0.25, 0.3) is 0 Å². The highest BCUT2D eigenvalue weighted by Gasteiger charge is 1.91. The molecule has 2 heteroatoms. The van der Waals surface area contributed by atoms with Gasteiger partial charge < -0.3 is 5.32 Å². The van der Waals surface area contributed by atoms with Crippen LogP contribution in [0.1, 0.15) is 18.4 Å². The van der Waals surface area contributed by atoms with Gasteiger partial charge >= 0.3 is 0 Å². The molecule has 0 aliphatic heterocycles. The van der Waals surface area contributed by atoms with Gasteiger partial charge in [-0.1, -0.05) is 30.3 Å². The van der Waals surface area contributed by atoms with Gasteiger partial charge in [0.05, 0.1) is 0 Å². The number of nitrogens with one attached hydrogen (secondary N) is 1. The van der Waals surface area contributed by atoms with E-state index in [0.29, 0.717) is 0 Å². The van der Waals surface area contributed by atoms with Crippen LogP contribution in [-0.2, 0) is 11.2 Å². The molecule has 0 saturated carbocycles. The summed E-state index contributed by atoms with van der Waals surface area (Å²) in [4.78, 5) is 9.93. The fourth-order valence-corrected chi connectivity index (χ4v) is 1.26. The zero-order valence-corrected chi connectivity index (χ0v) is 7.70. The van der Waals surface area contributed by atoms with Crippen molar-refractivity contribution < 1.29 is 4.79 Å². The maximum absolute atomic E-state index is 9.93. The molecule has 1 aromatic rings. The number of aryl methyl sites for hydroxylation is 1. The van der Waals surface area contributed by atoms with E-state index in [1.165, 1.54) is 5.56 Å². The number of carbonyl (C=O) groups excluding carboxylic acids is 1. The van der Waals surface area contributed by atoms with Crippen LogP contribution in [0.15, 0.2) is 30.3 Å². The average molecular weight is 177 g/mol. The summed E-state index contributed by atoms with van der Waals surface area (Å²) < 4.78 is 0. The van der Waals surface area contributed by atoms with Gasteiger partial charge in [0, 0.05) is 6.54 Å². The van der Waals surface area contributed by atoms with Gasteiger partial charge in [-0.15, -0.1) is 0 Å². The highest BCUT2D eigenvalue weighted by atomic mass is 16.1. The van der Waals surface area contributed by atoms with E-state index in [2.05, 4.69) is 29.6 Å². The Morgan fingerprint density at radius 2 is 1.92 bits per heavy atom. The molecule has 2 nitrogen and oxygen atoms in total. The minimum absolute atomic E-state index is 0.752. The lowest BCUT2D eigenvalue weighted by Crippen LogP contribution is -2.11. The van der Waals surface area contributed by atoms with Crippen molar-refractivity contribution in [3.63, 3.8) is 0 Å². The Hall–Kier alpha value is -1.31. The molecule has 0 aromatic heterocycles. The smallest absolute Gasteiger partial charge is 0.207 e. The Bertz CT molecular complexity index is 233. The summed E-state index contributed by atoms with van der Waals surface area (Å²) in [5.41, 5.74) is 1.37. The number of hydrogen-bond donors (Lipinski definition) is 1. The molecule has 0 heterocycles. The Morgan fingerprint density at radius 3 is 2.62 bits per heavy atom. The molecule has 0 atom stereocenters. The number of unbranched alkanes of at least 4 members (excludes halogenated alkanes) is 1. The van der Waals surface area contributed by atoms with E-state index in [1.54, 1.807) is 0 Å². The lowest BCUT2D eigenvalue weighted by molar-refractivity contribution is -0.109. The van der Waals surface area contributed by atoms with Crippen LogP contribution in [0.25, 0.3) is 0 Å². The summed E-state index contributed by atoms with van der Waals surface area (Å²) in [6.45, 7) is 0.788. The van der Waals surface area contributed by atoms with E-state index in [4.69, 9.17) is 0 Å². The molecule has 1 rings (SSSR count). The maximum Gasteiger partial charge on any atom is 0.207 e. The summed E-state index contributed by atoms with van der Waals surface area (Å²) in [7, 11) is 0. The summed E-state index contributed by atoms with van der Waals surface area (Å²) in [6, 6.07) is 10.4. The maximum atomic E-state index is 9.93. The first kappa shape index (κ1) is 9.78. The Labute approximate surface area is 79.0 Å². The normalized spacial score (nSPS) is 9.54. The van der Waals surface area contributed by atoms with Crippen LogP contribution in [0.2, 0.25) is 0 Å². The van der Waals surface area contributed by atoms with Crippen LogP contribution >= 0.6 is 0 Å². The van der Waals surface area contributed by atoms with Crippen molar-refractivity contribution in [1.82, 2.24) is 5.32 Å². The fourth-order valence-electron chi connectivity index (χ4n) is 1.26. The molecule has 0 fully saturated rings. The largest absolute Gasteiger partial charge is 0.359 e. The van der Waals surface area contributed by atoms with Crippen LogP contribution in [-0.4, -0.2) is 13.0 Å². The summed E-state index contributed by atoms with van der Waals surface area (Å²) >= 11 is 0. The average Bonchev–Trinajstić information content (AvgIpc) is 2.19. The van der Waals surface area contributed by atoms with Gasteiger partial charge in [0.15, 0.2) is 0 Å². The van der Waals surface area contributed by atoms with Crippen LogP contribution in [0.5, 0.6) is 0 Å². The Balaban J connectivity index is 2.10. The van der Waals surface area contributed by atoms with E-state index < -0.39 is 0 Å². The molecule has 0 aliphatic rings. The predicted octanol–water partition coefficient (Wildman–Crippen LogP) is 1.76. The van der Waals surface area contributed by atoms with Crippen molar-refractivity contribution in [1.29, 1.82) is 0 Å². The second-order valence-electron chi connectivity index (χ2n) is 3.01. The van der Waals surface area contributed by atoms with Gasteiger partial charge in [0.1, 0.15) is 0 Å². The molecule has 1 N–H and O–H groups in total. The quantitative estimate of drug-likeness (QED) is 0.520. The molecular weight excluding hydrogens is 162 g/mol. The van der Waals surface area contributed by atoms with Crippen molar-refractivity contribution in [2.45, 2.75) is 19.3 Å². The van der Waals surface area contributed by atoms with Gasteiger partial charge in [-0.2, -0.15) is 0 Å². The molecule has 1 amide bonds. The zero-order valence-electron chi connectivity index (χ0n) is 7.70. The first-order valence-corrected chi connectivity index (χ1v) is 4.64. The van der Waals surface area contributed by atoms with E-state index >= 15 is 0 Å². The van der Waals surface area contributed by atoms with E-state index in [-0.39, 0.29) is 0 Å². The number of benzene rings is 1. The molecule has 0 unspecified atom stereocenters. The van der Waals surface area contributed by atoms with Gasteiger partial charge in [-0.3, -0.25) is 4.79 Å². The number of amides is 1. The highest BCUT2D eigenvalue weighted by molar-refractivity contribution is 5.45. The minimum Gasteiger partial charge on any atom is -0.359 e. The van der Waals surface area contributed by atoms with E-state index in [1.807, 2.05) is 6.07 Å². The first-order chi connectivity index (χ1) is 6.43. The lowest BCUT2D eigenvalue weighted by Gasteiger charge is -2.00. The number of hydrogen-bond acceptors (Lipinski definition) is 1. The molecule has 0 saturated heterocycles. The third-order valence-electron chi connectivity index (χ3n) is 1.96. The number of rotatable bonds is 6. The molecular formula is C11H15NO. The van der Waals surface area contributed by atoms with Crippen LogP contribution in [0, 0.1) is 0 Å². The molecule has 0 bridgehead atoms. The SMILES string of the molecule is O=CNCCCCc1ccccc1. The van der Waals surface area contributed by atoms with Crippen molar-refractivity contribution in [3.8, 4) is 0 Å². The van der Waals surface area contributed by atoms with Crippen molar-refractivity contribution in [3.05, 3.63) is 35.9 Å². The highest BCUT2D eigenvalue weighted by Crippen LogP contribution is 2.03. The minimum atomic E-state index is 0.752. The molecule has 0 spiro atoms. The van der Waals surface area contributed by atoms with E-state index in [0.717, 1.165) is 32.2 Å². The lowest BCUT2D eigenvalue weighted by atomic mass is 10.1.